The number of aromatic nitrogens is 4. The molecule has 1 fully saturated rings. The van der Waals surface area contributed by atoms with Crippen LogP contribution < -0.4 is 0 Å². The number of Topliss-reactive ketones (excluding diaryl/α,β-unsaturated/α-hetero) is 1. The monoisotopic (exact) mass is 392 g/mol. The maximum Gasteiger partial charge on any atom is 0.192 e. The highest BCUT2D eigenvalue weighted by Gasteiger charge is 2.30. The van der Waals surface area contributed by atoms with Crippen LogP contribution in [0.5, 0.6) is 0 Å². The van der Waals surface area contributed by atoms with E-state index >= 15 is 0 Å². The van der Waals surface area contributed by atoms with Crippen LogP contribution in [0.15, 0.2) is 35.7 Å². The lowest BCUT2D eigenvalue weighted by Gasteiger charge is -2.14. The van der Waals surface area contributed by atoms with Gasteiger partial charge in [0, 0.05) is 29.6 Å². The summed E-state index contributed by atoms with van der Waals surface area (Å²) >= 11 is 1.49. The van der Waals surface area contributed by atoms with Crippen molar-refractivity contribution in [2.75, 3.05) is 5.75 Å². The molecule has 2 heterocycles. The first-order chi connectivity index (χ1) is 13.5. The zero-order valence-electron chi connectivity index (χ0n) is 16.7. The first-order valence-corrected chi connectivity index (χ1v) is 10.5. The number of aryl methyl sites for hydroxylation is 2. The Morgan fingerprint density at radius 2 is 1.79 bits per heavy atom. The largest absolute Gasteiger partial charge is 0.299 e. The fourth-order valence-electron chi connectivity index (χ4n) is 3.65. The molecule has 28 heavy (non-hydrogen) atoms. The number of hydrogen-bond acceptors (Lipinski definition) is 5. The van der Waals surface area contributed by atoms with Crippen molar-refractivity contribution in [3.8, 4) is 11.4 Å². The second-order valence-corrected chi connectivity index (χ2v) is 8.43. The van der Waals surface area contributed by atoms with E-state index in [1.54, 1.807) is 12.4 Å². The summed E-state index contributed by atoms with van der Waals surface area (Å²) in [5.41, 5.74) is 6.42. The van der Waals surface area contributed by atoms with Crippen LogP contribution in [0.1, 0.15) is 51.5 Å². The molecule has 144 valence electrons. The highest BCUT2D eigenvalue weighted by molar-refractivity contribution is 7.99. The Kier molecular flexibility index (Phi) is 5.06. The van der Waals surface area contributed by atoms with Crippen LogP contribution in [0.3, 0.4) is 0 Å². The predicted octanol–water partition coefficient (Wildman–Crippen LogP) is 4.88. The standard InChI is InChI=1S/C22H24N4OS/c1-13-11-14(2)20(16(4)15(13)3)19(27)12-28-22-25-24-21(26(22)18-5-6-18)17-7-9-23-10-8-17/h7-11,18H,5-6,12H2,1-4H3. The second-order valence-electron chi connectivity index (χ2n) is 7.49. The highest BCUT2D eigenvalue weighted by Crippen LogP contribution is 2.41. The van der Waals surface area contributed by atoms with E-state index < -0.39 is 0 Å². The number of rotatable bonds is 6. The molecule has 0 atom stereocenters. The minimum Gasteiger partial charge on any atom is -0.299 e. The van der Waals surface area contributed by atoms with Crippen molar-refractivity contribution in [3.63, 3.8) is 0 Å². The molecule has 0 N–H and O–H groups in total. The molecule has 1 aromatic carbocycles. The summed E-state index contributed by atoms with van der Waals surface area (Å²) in [6.45, 7) is 8.24. The topological polar surface area (TPSA) is 60.7 Å². The van der Waals surface area contributed by atoms with Crippen LogP contribution >= 0.6 is 11.8 Å². The lowest BCUT2D eigenvalue weighted by molar-refractivity contribution is 0.102. The maximum atomic E-state index is 13.0. The Bertz CT molecular complexity index is 1040. The van der Waals surface area contributed by atoms with Crippen LogP contribution in [0.4, 0.5) is 0 Å². The fourth-order valence-corrected chi connectivity index (χ4v) is 4.53. The predicted molar refractivity (Wildman–Crippen MR) is 112 cm³/mol. The van der Waals surface area contributed by atoms with Crippen LogP contribution in [-0.4, -0.2) is 31.3 Å². The van der Waals surface area contributed by atoms with Crippen molar-refractivity contribution in [2.24, 2.45) is 0 Å². The quantitative estimate of drug-likeness (QED) is 0.442. The maximum absolute atomic E-state index is 13.0. The van der Waals surface area contributed by atoms with E-state index in [0.717, 1.165) is 46.1 Å². The van der Waals surface area contributed by atoms with Crippen LogP contribution in [0, 0.1) is 27.7 Å². The van der Waals surface area contributed by atoms with Gasteiger partial charge in [-0.05, 0) is 74.9 Å². The number of carbonyl (C=O) groups excluding carboxylic acids is 1. The summed E-state index contributed by atoms with van der Waals surface area (Å²) < 4.78 is 2.19. The average molecular weight is 393 g/mol. The normalized spacial score (nSPS) is 13.7. The van der Waals surface area contributed by atoms with E-state index in [0.29, 0.717) is 11.8 Å². The van der Waals surface area contributed by atoms with Gasteiger partial charge in [-0.3, -0.25) is 14.3 Å². The lowest BCUT2D eigenvalue weighted by atomic mass is 9.92. The zero-order chi connectivity index (χ0) is 19.8. The van der Waals surface area contributed by atoms with E-state index in [9.17, 15) is 4.79 Å². The van der Waals surface area contributed by atoms with E-state index in [1.165, 1.54) is 22.9 Å². The molecule has 6 heteroatoms. The van der Waals surface area contributed by atoms with Crippen LogP contribution in [0.25, 0.3) is 11.4 Å². The van der Waals surface area contributed by atoms with E-state index in [1.807, 2.05) is 26.0 Å². The average Bonchev–Trinajstić information content (AvgIpc) is 3.44. The zero-order valence-corrected chi connectivity index (χ0v) is 17.5. The lowest BCUT2D eigenvalue weighted by Crippen LogP contribution is -2.10. The molecular formula is C22H24N4OS. The van der Waals surface area contributed by atoms with Gasteiger partial charge in [0.15, 0.2) is 16.8 Å². The van der Waals surface area contributed by atoms with Gasteiger partial charge < -0.3 is 0 Å². The summed E-state index contributed by atoms with van der Waals surface area (Å²) in [5, 5.41) is 9.63. The smallest absolute Gasteiger partial charge is 0.192 e. The summed E-state index contributed by atoms with van der Waals surface area (Å²) in [5.74, 6) is 1.38. The minimum atomic E-state index is 0.152. The molecule has 4 rings (SSSR count). The number of hydrogen-bond donors (Lipinski definition) is 0. The molecule has 1 aliphatic rings. The van der Waals surface area contributed by atoms with Gasteiger partial charge in [0.25, 0.3) is 0 Å². The van der Waals surface area contributed by atoms with Gasteiger partial charge in [-0.25, -0.2) is 0 Å². The molecule has 5 nitrogen and oxygen atoms in total. The number of benzene rings is 1. The summed E-state index contributed by atoms with van der Waals surface area (Å²) in [7, 11) is 0. The van der Waals surface area contributed by atoms with Gasteiger partial charge in [0.2, 0.25) is 0 Å². The molecule has 2 aromatic heterocycles. The molecule has 0 spiro atoms. The van der Waals surface area contributed by atoms with Crippen molar-refractivity contribution < 1.29 is 4.79 Å². The van der Waals surface area contributed by atoms with Gasteiger partial charge in [-0.15, -0.1) is 10.2 Å². The molecule has 0 unspecified atom stereocenters. The molecular weight excluding hydrogens is 368 g/mol. The third kappa shape index (κ3) is 3.49. The minimum absolute atomic E-state index is 0.152. The molecule has 0 radical (unpaired) electrons. The highest BCUT2D eigenvalue weighted by atomic mass is 32.2. The second kappa shape index (κ2) is 7.51. The Morgan fingerprint density at radius 3 is 2.46 bits per heavy atom. The molecule has 0 amide bonds. The summed E-state index contributed by atoms with van der Waals surface area (Å²) in [6.07, 6.45) is 5.80. The number of pyridine rings is 1. The van der Waals surface area contributed by atoms with Gasteiger partial charge in [0.1, 0.15) is 0 Å². The number of carbonyl (C=O) groups is 1. The van der Waals surface area contributed by atoms with Gasteiger partial charge in [0.05, 0.1) is 5.75 Å². The van der Waals surface area contributed by atoms with Gasteiger partial charge in [-0.1, -0.05) is 17.8 Å². The third-order valence-corrected chi connectivity index (χ3v) is 6.43. The van der Waals surface area contributed by atoms with E-state index in [-0.39, 0.29) is 5.78 Å². The third-order valence-electron chi connectivity index (χ3n) is 5.48. The molecule has 1 aliphatic carbocycles. The van der Waals surface area contributed by atoms with Crippen LogP contribution in [-0.2, 0) is 0 Å². The van der Waals surface area contributed by atoms with E-state index in [2.05, 4.69) is 39.7 Å². The Hall–Kier alpha value is -2.47. The summed E-state index contributed by atoms with van der Waals surface area (Å²) in [4.78, 5) is 17.1. The number of ketones is 1. The Balaban J connectivity index is 1.59. The number of thioether (sulfide) groups is 1. The van der Waals surface area contributed by atoms with Gasteiger partial charge >= 0.3 is 0 Å². The first kappa shape index (κ1) is 18.9. The van der Waals surface area contributed by atoms with Crippen molar-refractivity contribution >= 4 is 17.5 Å². The van der Waals surface area contributed by atoms with Gasteiger partial charge in [-0.2, -0.15) is 0 Å². The Labute approximate surface area is 169 Å². The SMILES string of the molecule is Cc1cc(C)c(C(=O)CSc2nnc(-c3ccncc3)n2C2CC2)c(C)c1C. The van der Waals surface area contributed by atoms with Crippen LogP contribution in [0.2, 0.25) is 0 Å². The van der Waals surface area contributed by atoms with Crippen molar-refractivity contribution in [1.82, 2.24) is 19.7 Å². The molecule has 0 saturated heterocycles. The van der Waals surface area contributed by atoms with E-state index in [4.69, 9.17) is 0 Å². The Morgan fingerprint density at radius 1 is 1.07 bits per heavy atom. The number of nitrogens with zero attached hydrogens (tertiary/aromatic N) is 4. The molecule has 1 saturated carbocycles. The van der Waals surface area contributed by atoms with Crippen molar-refractivity contribution in [1.29, 1.82) is 0 Å². The first-order valence-electron chi connectivity index (χ1n) is 9.56. The molecule has 3 aromatic rings. The van der Waals surface area contributed by atoms with Crippen molar-refractivity contribution in [2.45, 2.75) is 51.7 Å². The fraction of sp³-hybridized carbons (Fsp3) is 0.364. The molecule has 0 aliphatic heterocycles. The van der Waals surface area contributed by atoms with Crippen molar-refractivity contribution in [3.05, 3.63) is 58.4 Å². The molecule has 0 bridgehead atoms. The summed E-state index contributed by atoms with van der Waals surface area (Å²) in [6, 6.07) is 6.43.